The summed E-state index contributed by atoms with van der Waals surface area (Å²) < 4.78 is 0. The van der Waals surface area contributed by atoms with Crippen molar-refractivity contribution in [3.05, 3.63) is 0 Å². The largest absolute Gasteiger partial charge is 0.178 e. The molecule has 1 rings (SSSR count). The first kappa shape index (κ1) is 8.84. The first-order valence-corrected chi connectivity index (χ1v) is 9.39. The van der Waals surface area contributed by atoms with Crippen LogP contribution in [0.4, 0.5) is 0 Å². The third-order valence-electron chi connectivity index (χ3n) is 1.44. The SMILES string of the molecule is SCC1CC[SH](S)[SH]1S. The molecular weight excluding hydrogens is 208 g/mol. The lowest BCUT2D eigenvalue weighted by Gasteiger charge is -2.21. The minimum Gasteiger partial charge on any atom is -0.178 e. The second kappa shape index (κ2) is 3.95. The van der Waals surface area contributed by atoms with Crippen molar-refractivity contribution >= 4 is 53.9 Å². The number of hydrogen-bond donors (Lipinski definition) is 5. The van der Waals surface area contributed by atoms with E-state index in [2.05, 4.69) is 36.0 Å². The molecule has 1 aliphatic heterocycles. The normalized spacial score (nSPS) is 51.7. The van der Waals surface area contributed by atoms with Crippen LogP contribution < -0.4 is 0 Å². The highest BCUT2D eigenvalue weighted by Crippen LogP contribution is 2.68. The second-order valence-electron chi connectivity index (χ2n) is 2.04. The van der Waals surface area contributed by atoms with Crippen LogP contribution in [0, 0.1) is 0 Å². The van der Waals surface area contributed by atoms with Gasteiger partial charge in [-0.15, -0.1) is 23.3 Å². The maximum absolute atomic E-state index is 4.53. The van der Waals surface area contributed by atoms with Gasteiger partial charge in [0.05, 0.1) is 0 Å². The summed E-state index contributed by atoms with van der Waals surface area (Å²) in [5.74, 6) is 2.31. The predicted molar refractivity (Wildman–Crippen MR) is 63.1 cm³/mol. The molecule has 0 aromatic carbocycles. The molecule has 58 valence electrons. The van der Waals surface area contributed by atoms with Gasteiger partial charge in [-0.3, -0.25) is 0 Å². The van der Waals surface area contributed by atoms with Gasteiger partial charge in [0, 0.05) is 11.0 Å². The van der Waals surface area contributed by atoms with Crippen LogP contribution in [0.2, 0.25) is 0 Å². The summed E-state index contributed by atoms with van der Waals surface area (Å²) in [5.41, 5.74) is 0. The monoisotopic (exact) mass is 220 g/mol. The fourth-order valence-corrected chi connectivity index (χ4v) is 9.86. The summed E-state index contributed by atoms with van der Waals surface area (Å²) in [6.07, 6.45) is 1.31. The average molecular weight is 220 g/mol. The van der Waals surface area contributed by atoms with Crippen LogP contribution in [-0.2, 0) is 0 Å². The Morgan fingerprint density at radius 2 is 2.11 bits per heavy atom. The fraction of sp³-hybridized carbons (Fsp3) is 1.00. The summed E-state index contributed by atoms with van der Waals surface area (Å²) in [7, 11) is -0.0395. The summed E-state index contributed by atoms with van der Waals surface area (Å²) in [4.78, 5) is 0. The van der Waals surface area contributed by atoms with Crippen molar-refractivity contribution in [1.82, 2.24) is 0 Å². The third kappa shape index (κ3) is 2.09. The molecule has 5 heteroatoms. The standard InChI is InChI=1S/C4H12S5/c5-3-4-1-2-8(6)9(4)7/h4-9H,1-3H2. The highest BCUT2D eigenvalue weighted by atomic mass is 33.7. The van der Waals surface area contributed by atoms with Gasteiger partial charge < -0.3 is 0 Å². The Morgan fingerprint density at radius 1 is 1.44 bits per heavy atom. The van der Waals surface area contributed by atoms with Gasteiger partial charge in [-0.2, -0.15) is 30.5 Å². The summed E-state index contributed by atoms with van der Waals surface area (Å²) in [6, 6.07) is 0. The average Bonchev–Trinajstić information content (AvgIpc) is 2.15. The molecule has 0 aliphatic carbocycles. The van der Waals surface area contributed by atoms with E-state index in [1.54, 1.807) is 0 Å². The van der Waals surface area contributed by atoms with Crippen molar-refractivity contribution in [2.24, 2.45) is 0 Å². The van der Waals surface area contributed by atoms with Crippen molar-refractivity contribution in [2.75, 3.05) is 11.5 Å². The molecule has 1 saturated heterocycles. The lowest BCUT2D eigenvalue weighted by atomic mass is 10.4. The first-order valence-electron chi connectivity index (χ1n) is 2.81. The quantitative estimate of drug-likeness (QED) is 0.325. The van der Waals surface area contributed by atoms with Crippen molar-refractivity contribution in [3.8, 4) is 0 Å². The highest BCUT2D eigenvalue weighted by molar-refractivity contribution is 9.33. The molecule has 3 unspecified atom stereocenters. The summed E-state index contributed by atoms with van der Waals surface area (Å²) in [6.45, 7) is 0. The lowest BCUT2D eigenvalue weighted by Crippen LogP contribution is -1.99. The van der Waals surface area contributed by atoms with Crippen LogP contribution >= 0.6 is 53.9 Å². The Hall–Kier alpha value is 1.75. The van der Waals surface area contributed by atoms with Gasteiger partial charge >= 0.3 is 0 Å². The van der Waals surface area contributed by atoms with E-state index in [1.807, 2.05) is 0 Å². The highest BCUT2D eigenvalue weighted by Gasteiger charge is 2.24. The smallest absolute Gasteiger partial charge is 0.0120 e. The van der Waals surface area contributed by atoms with E-state index in [9.17, 15) is 0 Å². The minimum absolute atomic E-state index is 0.00319. The molecule has 0 saturated carbocycles. The van der Waals surface area contributed by atoms with Crippen molar-refractivity contribution in [1.29, 1.82) is 0 Å². The van der Waals surface area contributed by atoms with Gasteiger partial charge in [0.25, 0.3) is 0 Å². The molecule has 1 fully saturated rings. The number of hydrogen-bond acceptors (Lipinski definition) is 3. The van der Waals surface area contributed by atoms with E-state index in [1.165, 1.54) is 12.2 Å². The van der Waals surface area contributed by atoms with Gasteiger partial charge in [0.1, 0.15) is 0 Å². The van der Waals surface area contributed by atoms with Crippen molar-refractivity contribution < 1.29 is 0 Å². The molecule has 0 radical (unpaired) electrons. The molecule has 0 nitrogen and oxygen atoms in total. The van der Waals surface area contributed by atoms with E-state index >= 15 is 0 Å². The minimum atomic E-state index is -0.0427. The van der Waals surface area contributed by atoms with E-state index in [-0.39, 0.29) is 17.9 Å². The molecule has 0 bridgehead atoms. The third-order valence-corrected chi connectivity index (χ3v) is 13.9. The first-order chi connectivity index (χ1) is 4.25. The van der Waals surface area contributed by atoms with E-state index in [0.717, 1.165) is 11.0 Å². The zero-order chi connectivity index (χ0) is 6.85. The van der Waals surface area contributed by atoms with Gasteiger partial charge in [0.2, 0.25) is 0 Å². The number of thiol groups is 5. The molecule has 1 heterocycles. The van der Waals surface area contributed by atoms with Crippen LogP contribution in [0.3, 0.4) is 0 Å². The van der Waals surface area contributed by atoms with Crippen LogP contribution in [0.1, 0.15) is 6.42 Å². The Kier molecular flexibility index (Phi) is 3.88. The zero-order valence-corrected chi connectivity index (χ0v) is 9.41. The summed E-state index contributed by atoms with van der Waals surface area (Å²) >= 11 is 13.3. The fourth-order valence-electron chi connectivity index (χ4n) is 0.835. The molecule has 0 aromatic heterocycles. The Morgan fingerprint density at radius 3 is 2.33 bits per heavy atom. The van der Waals surface area contributed by atoms with E-state index in [4.69, 9.17) is 0 Å². The molecule has 9 heavy (non-hydrogen) atoms. The molecule has 0 amide bonds. The van der Waals surface area contributed by atoms with Crippen LogP contribution in [0.5, 0.6) is 0 Å². The topological polar surface area (TPSA) is 0 Å². The van der Waals surface area contributed by atoms with E-state index in [0.29, 0.717) is 0 Å². The zero-order valence-electron chi connectivity index (χ0n) is 4.93. The Bertz CT molecular complexity index is 95.0. The molecular formula is C4H12S5. The maximum Gasteiger partial charge on any atom is 0.0120 e. The Labute approximate surface area is 76.7 Å². The molecule has 0 N–H and O–H groups in total. The molecule has 1 aliphatic rings. The van der Waals surface area contributed by atoms with Crippen molar-refractivity contribution in [3.63, 3.8) is 0 Å². The van der Waals surface area contributed by atoms with Crippen molar-refractivity contribution in [2.45, 2.75) is 11.7 Å². The Balaban J connectivity index is 2.41. The maximum atomic E-state index is 4.53. The second-order valence-corrected chi connectivity index (χ2v) is 12.3. The molecule has 0 aromatic rings. The molecule has 3 atom stereocenters. The number of rotatable bonds is 1. The van der Waals surface area contributed by atoms with Gasteiger partial charge in [-0.25, -0.2) is 0 Å². The van der Waals surface area contributed by atoms with Gasteiger partial charge in [-0.1, -0.05) is 0 Å². The molecule has 0 spiro atoms. The van der Waals surface area contributed by atoms with Gasteiger partial charge in [-0.05, 0) is 12.2 Å². The van der Waals surface area contributed by atoms with Gasteiger partial charge in [0.15, 0.2) is 0 Å². The lowest BCUT2D eigenvalue weighted by molar-refractivity contribution is 0.948. The van der Waals surface area contributed by atoms with Crippen LogP contribution in [-0.4, -0.2) is 16.8 Å². The van der Waals surface area contributed by atoms with Crippen LogP contribution in [0.25, 0.3) is 0 Å². The predicted octanol–water partition coefficient (Wildman–Crippen LogP) is 2.30. The van der Waals surface area contributed by atoms with Crippen LogP contribution in [0.15, 0.2) is 0 Å². The summed E-state index contributed by atoms with van der Waals surface area (Å²) in [5, 5.41) is 0.787. The van der Waals surface area contributed by atoms with E-state index < -0.39 is 0 Å².